The fourth-order valence-electron chi connectivity index (χ4n) is 1.91. The van der Waals surface area contributed by atoms with Crippen molar-refractivity contribution in [2.75, 3.05) is 0 Å². The van der Waals surface area contributed by atoms with Gasteiger partial charge in [-0.25, -0.2) is 0 Å². The molecule has 0 spiro atoms. The van der Waals surface area contributed by atoms with Gasteiger partial charge in [0.05, 0.1) is 16.8 Å². The number of aromatic hydroxyl groups is 1. The molecule has 0 saturated carbocycles. The fourth-order valence-corrected chi connectivity index (χ4v) is 1.91. The lowest BCUT2D eigenvalue weighted by atomic mass is 9.90. The summed E-state index contributed by atoms with van der Waals surface area (Å²) in [5.41, 5.74) is -2.08. The second kappa shape index (κ2) is 4.36. The van der Waals surface area contributed by atoms with Gasteiger partial charge in [-0.2, -0.15) is 13.2 Å². The van der Waals surface area contributed by atoms with Crippen molar-refractivity contribution < 1.29 is 27.8 Å². The first-order valence-electron chi connectivity index (χ1n) is 6.19. The number of hydrogen-bond donors (Lipinski definition) is 1. The number of phenols is 1. The van der Waals surface area contributed by atoms with Gasteiger partial charge >= 0.3 is 6.18 Å². The highest BCUT2D eigenvalue weighted by molar-refractivity contribution is 5.36. The zero-order valence-electron chi connectivity index (χ0n) is 11.7. The average Bonchev–Trinajstić information content (AvgIpc) is 2.46. The quantitative estimate of drug-likeness (QED) is 0.849. The number of phenolic OH excluding ortho intramolecular Hbond substituents is 1. The Morgan fingerprint density at radius 2 is 1.50 bits per heavy atom. The van der Waals surface area contributed by atoms with Gasteiger partial charge in [0.1, 0.15) is 5.75 Å². The van der Waals surface area contributed by atoms with Gasteiger partial charge in [-0.1, -0.05) is 0 Å². The zero-order chi connectivity index (χ0) is 15.3. The summed E-state index contributed by atoms with van der Waals surface area (Å²) in [4.78, 5) is 0. The zero-order valence-corrected chi connectivity index (χ0v) is 11.7. The van der Waals surface area contributed by atoms with Gasteiger partial charge in [-0.3, -0.25) is 0 Å². The highest BCUT2D eigenvalue weighted by atomic mass is 19.4. The molecule has 0 aromatic heterocycles. The summed E-state index contributed by atoms with van der Waals surface area (Å²) >= 11 is 0. The minimum Gasteiger partial charge on any atom is -0.508 e. The Hall–Kier alpha value is -1.27. The van der Waals surface area contributed by atoms with Crippen molar-refractivity contribution in [1.29, 1.82) is 0 Å². The number of ether oxygens (including phenoxy) is 2. The molecule has 1 heterocycles. The molecule has 1 aromatic carbocycles. The molecule has 3 nitrogen and oxygen atoms in total. The molecule has 0 bridgehead atoms. The van der Waals surface area contributed by atoms with E-state index >= 15 is 0 Å². The molecule has 1 aromatic rings. The van der Waals surface area contributed by atoms with Crippen molar-refractivity contribution in [3.05, 3.63) is 29.3 Å². The summed E-state index contributed by atoms with van der Waals surface area (Å²) in [6, 6.07) is 2.83. The van der Waals surface area contributed by atoms with Crippen molar-refractivity contribution in [3.63, 3.8) is 0 Å². The second-order valence-electron chi connectivity index (χ2n) is 5.90. The fraction of sp³-hybridized carbons (Fsp3) is 0.571. The number of rotatable bonds is 1. The van der Waals surface area contributed by atoms with Crippen molar-refractivity contribution in [1.82, 2.24) is 0 Å². The van der Waals surface area contributed by atoms with Gasteiger partial charge in [0.2, 0.25) is 0 Å². The van der Waals surface area contributed by atoms with Crippen molar-refractivity contribution in [3.8, 4) is 5.75 Å². The van der Waals surface area contributed by atoms with E-state index in [9.17, 15) is 18.3 Å². The maximum absolute atomic E-state index is 12.7. The molecule has 1 N–H and O–H groups in total. The third-order valence-electron chi connectivity index (χ3n) is 3.79. The molecule has 1 saturated heterocycles. The first kappa shape index (κ1) is 15.1. The van der Waals surface area contributed by atoms with E-state index in [2.05, 4.69) is 0 Å². The molecule has 0 amide bonds. The molecule has 0 radical (unpaired) electrons. The maximum Gasteiger partial charge on any atom is 0.416 e. The van der Waals surface area contributed by atoms with E-state index in [4.69, 9.17) is 9.47 Å². The molecule has 20 heavy (non-hydrogen) atoms. The second-order valence-corrected chi connectivity index (χ2v) is 5.90. The van der Waals surface area contributed by atoms with Gasteiger partial charge < -0.3 is 14.6 Å². The summed E-state index contributed by atoms with van der Waals surface area (Å²) in [7, 11) is 0. The Kier molecular flexibility index (Phi) is 3.30. The van der Waals surface area contributed by atoms with E-state index in [0.29, 0.717) is 6.07 Å². The third-order valence-corrected chi connectivity index (χ3v) is 3.79. The molecule has 1 aliphatic rings. The van der Waals surface area contributed by atoms with E-state index in [1.54, 1.807) is 27.7 Å². The summed E-state index contributed by atoms with van der Waals surface area (Å²) in [5, 5.41) is 9.47. The van der Waals surface area contributed by atoms with Gasteiger partial charge in [-0.15, -0.1) is 0 Å². The minimum absolute atomic E-state index is 0.149. The normalized spacial score (nSPS) is 22.1. The molecular formula is C14H17F3O3. The van der Waals surface area contributed by atoms with Crippen LogP contribution in [0.4, 0.5) is 13.2 Å². The maximum atomic E-state index is 12.7. The van der Waals surface area contributed by atoms with Crippen LogP contribution in [0.3, 0.4) is 0 Å². The van der Waals surface area contributed by atoms with Crippen LogP contribution < -0.4 is 0 Å². The van der Waals surface area contributed by atoms with Crippen LogP contribution in [0.1, 0.15) is 45.1 Å². The van der Waals surface area contributed by atoms with Crippen LogP contribution in [0.15, 0.2) is 18.2 Å². The van der Waals surface area contributed by atoms with Crippen LogP contribution in [0.25, 0.3) is 0 Å². The van der Waals surface area contributed by atoms with Crippen LogP contribution in [-0.4, -0.2) is 16.3 Å². The third kappa shape index (κ3) is 2.62. The van der Waals surface area contributed by atoms with Crippen LogP contribution in [0.2, 0.25) is 0 Å². The average molecular weight is 290 g/mol. The molecule has 6 heteroatoms. The van der Waals surface area contributed by atoms with E-state index in [-0.39, 0.29) is 5.56 Å². The van der Waals surface area contributed by atoms with E-state index in [1.807, 2.05) is 0 Å². The van der Waals surface area contributed by atoms with Crippen molar-refractivity contribution in [2.45, 2.75) is 51.4 Å². The van der Waals surface area contributed by atoms with Gasteiger partial charge in [0, 0.05) is 5.56 Å². The SMILES string of the molecule is CC1(C)OC(c2cc(O)cc(C(F)(F)F)c2)OC1(C)C. The lowest BCUT2D eigenvalue weighted by molar-refractivity contribution is -0.138. The largest absolute Gasteiger partial charge is 0.508 e. The molecule has 2 rings (SSSR count). The molecule has 1 fully saturated rings. The lowest BCUT2D eigenvalue weighted by Crippen LogP contribution is -2.41. The van der Waals surface area contributed by atoms with Crippen LogP contribution >= 0.6 is 0 Å². The Morgan fingerprint density at radius 3 is 1.95 bits per heavy atom. The Labute approximate surface area is 115 Å². The highest BCUT2D eigenvalue weighted by Gasteiger charge is 2.49. The smallest absolute Gasteiger partial charge is 0.416 e. The predicted octanol–water partition coefficient (Wildman–Crippen LogP) is 4.01. The topological polar surface area (TPSA) is 38.7 Å². The van der Waals surface area contributed by atoms with E-state index in [0.717, 1.165) is 6.07 Å². The van der Waals surface area contributed by atoms with Crippen molar-refractivity contribution >= 4 is 0 Å². The van der Waals surface area contributed by atoms with Crippen LogP contribution in [-0.2, 0) is 15.7 Å². The van der Waals surface area contributed by atoms with Gasteiger partial charge in [-0.05, 0) is 45.9 Å². The van der Waals surface area contributed by atoms with Crippen LogP contribution in [0, 0.1) is 0 Å². The molecule has 1 aliphatic heterocycles. The standard InChI is InChI=1S/C14H17F3O3/c1-12(2)13(3,4)20-11(19-12)8-5-9(14(15,16)17)7-10(18)6-8/h5-7,11,18H,1-4H3. The minimum atomic E-state index is -4.53. The van der Waals surface area contributed by atoms with Crippen LogP contribution in [0.5, 0.6) is 5.75 Å². The van der Waals surface area contributed by atoms with E-state index < -0.39 is 35.0 Å². The first-order valence-corrected chi connectivity index (χ1v) is 6.19. The molecule has 0 aliphatic carbocycles. The highest BCUT2D eigenvalue weighted by Crippen LogP contribution is 2.46. The summed E-state index contributed by atoms with van der Waals surface area (Å²) < 4.78 is 49.6. The van der Waals surface area contributed by atoms with E-state index in [1.165, 1.54) is 6.07 Å². The Morgan fingerprint density at radius 1 is 1.00 bits per heavy atom. The number of hydrogen-bond acceptors (Lipinski definition) is 3. The lowest BCUT2D eigenvalue weighted by Gasteiger charge is -2.30. The summed E-state index contributed by atoms with van der Waals surface area (Å²) in [6.45, 7) is 7.22. The Bertz CT molecular complexity index is 505. The number of alkyl halides is 3. The molecule has 0 unspecified atom stereocenters. The van der Waals surface area contributed by atoms with Crippen molar-refractivity contribution in [2.24, 2.45) is 0 Å². The predicted molar refractivity (Wildman–Crippen MR) is 66.2 cm³/mol. The van der Waals surface area contributed by atoms with Gasteiger partial charge in [0.25, 0.3) is 0 Å². The Balaban J connectivity index is 2.38. The number of halogens is 3. The molecule has 0 atom stereocenters. The summed E-state index contributed by atoms with van der Waals surface area (Å²) in [6.07, 6.45) is -5.47. The molecule has 112 valence electrons. The molecular weight excluding hydrogens is 273 g/mol. The number of benzene rings is 1. The first-order chi connectivity index (χ1) is 8.92. The summed E-state index contributed by atoms with van der Waals surface area (Å²) in [5.74, 6) is -0.468. The van der Waals surface area contributed by atoms with Gasteiger partial charge in [0.15, 0.2) is 6.29 Å². The monoisotopic (exact) mass is 290 g/mol.